The van der Waals surface area contributed by atoms with Crippen molar-refractivity contribution in [2.75, 3.05) is 13.7 Å². The zero-order valence-electron chi connectivity index (χ0n) is 13.8. The van der Waals surface area contributed by atoms with Crippen LogP contribution in [0.25, 0.3) is 0 Å². The summed E-state index contributed by atoms with van der Waals surface area (Å²) < 4.78 is 5.41. The lowest BCUT2D eigenvalue weighted by molar-refractivity contribution is -0.123. The van der Waals surface area contributed by atoms with Crippen LogP contribution in [0.2, 0.25) is 0 Å². The molecule has 1 aromatic rings. The van der Waals surface area contributed by atoms with E-state index in [0.29, 0.717) is 12.5 Å². The molecule has 0 saturated heterocycles. The van der Waals surface area contributed by atoms with Crippen molar-refractivity contribution in [1.29, 1.82) is 0 Å². The summed E-state index contributed by atoms with van der Waals surface area (Å²) in [6, 6.07) is 7.79. The summed E-state index contributed by atoms with van der Waals surface area (Å²) in [7, 11) is 1.67. The number of amides is 1. The zero-order valence-corrected chi connectivity index (χ0v) is 13.8. The molecule has 0 fully saturated rings. The molecule has 0 aliphatic carbocycles. The van der Waals surface area contributed by atoms with E-state index in [-0.39, 0.29) is 18.0 Å². The van der Waals surface area contributed by atoms with Gasteiger partial charge in [0.05, 0.1) is 13.2 Å². The predicted molar refractivity (Wildman–Crippen MR) is 86.5 cm³/mol. The summed E-state index contributed by atoms with van der Waals surface area (Å²) in [5.74, 6) is 1.35. The van der Waals surface area contributed by atoms with Crippen molar-refractivity contribution < 1.29 is 9.53 Å². The van der Waals surface area contributed by atoms with E-state index in [2.05, 4.69) is 31.4 Å². The van der Waals surface area contributed by atoms with Crippen LogP contribution in [0.4, 0.5) is 0 Å². The van der Waals surface area contributed by atoms with Gasteiger partial charge in [-0.15, -0.1) is 0 Å². The SMILES string of the molecule is CCC(NC(C)C(=O)NCC(C)C)c1ccccc1OC. The van der Waals surface area contributed by atoms with Crippen LogP contribution in [0.1, 0.15) is 45.7 Å². The fraction of sp³-hybridized carbons (Fsp3) is 0.588. The van der Waals surface area contributed by atoms with Crippen molar-refractivity contribution in [2.24, 2.45) is 5.92 Å². The molecule has 4 heteroatoms. The molecular weight excluding hydrogens is 264 g/mol. The first-order chi connectivity index (χ1) is 9.99. The number of methoxy groups -OCH3 is 1. The molecule has 0 heterocycles. The van der Waals surface area contributed by atoms with Gasteiger partial charge < -0.3 is 10.1 Å². The molecule has 0 aliphatic heterocycles. The molecule has 0 radical (unpaired) electrons. The summed E-state index contributed by atoms with van der Waals surface area (Å²) in [6.07, 6.45) is 0.891. The zero-order chi connectivity index (χ0) is 15.8. The first-order valence-electron chi connectivity index (χ1n) is 7.66. The fourth-order valence-electron chi connectivity index (χ4n) is 2.22. The number of nitrogens with one attached hydrogen (secondary N) is 2. The number of rotatable bonds is 8. The average molecular weight is 292 g/mol. The van der Waals surface area contributed by atoms with E-state index >= 15 is 0 Å². The Hall–Kier alpha value is -1.55. The lowest BCUT2D eigenvalue weighted by atomic mass is 10.0. The van der Waals surface area contributed by atoms with Gasteiger partial charge in [0.1, 0.15) is 5.75 Å². The highest BCUT2D eigenvalue weighted by Gasteiger charge is 2.20. The largest absolute Gasteiger partial charge is 0.496 e. The molecule has 1 aromatic carbocycles. The Morgan fingerprint density at radius 3 is 2.48 bits per heavy atom. The van der Waals surface area contributed by atoms with Crippen LogP contribution < -0.4 is 15.4 Å². The van der Waals surface area contributed by atoms with Crippen LogP contribution >= 0.6 is 0 Å². The third kappa shape index (κ3) is 5.38. The Balaban J connectivity index is 2.71. The van der Waals surface area contributed by atoms with Gasteiger partial charge in [-0.25, -0.2) is 0 Å². The van der Waals surface area contributed by atoms with Crippen LogP contribution in [0.15, 0.2) is 24.3 Å². The Labute approximate surface area is 128 Å². The number of ether oxygens (including phenoxy) is 1. The van der Waals surface area contributed by atoms with Crippen molar-refractivity contribution >= 4 is 5.91 Å². The first-order valence-corrected chi connectivity index (χ1v) is 7.66. The van der Waals surface area contributed by atoms with E-state index in [1.54, 1.807) is 7.11 Å². The minimum atomic E-state index is -0.237. The number of benzene rings is 1. The van der Waals surface area contributed by atoms with E-state index in [1.165, 1.54) is 0 Å². The molecule has 21 heavy (non-hydrogen) atoms. The average Bonchev–Trinajstić information content (AvgIpc) is 2.49. The minimum absolute atomic E-state index is 0.0389. The van der Waals surface area contributed by atoms with Crippen molar-refractivity contribution in [3.63, 3.8) is 0 Å². The van der Waals surface area contributed by atoms with Crippen LogP contribution in [0.3, 0.4) is 0 Å². The minimum Gasteiger partial charge on any atom is -0.496 e. The quantitative estimate of drug-likeness (QED) is 0.774. The van der Waals surface area contributed by atoms with Crippen LogP contribution in [0.5, 0.6) is 5.75 Å². The van der Waals surface area contributed by atoms with Gasteiger partial charge in [-0.3, -0.25) is 10.1 Å². The summed E-state index contributed by atoms with van der Waals surface area (Å²) in [4.78, 5) is 12.1. The molecule has 0 spiro atoms. The third-order valence-corrected chi connectivity index (χ3v) is 3.45. The van der Waals surface area contributed by atoms with Gasteiger partial charge in [0, 0.05) is 18.2 Å². The molecule has 0 aromatic heterocycles. The normalized spacial score (nSPS) is 13.8. The molecule has 0 bridgehead atoms. The van der Waals surface area contributed by atoms with Gasteiger partial charge in [0.15, 0.2) is 0 Å². The molecule has 2 N–H and O–H groups in total. The predicted octanol–water partition coefficient (Wildman–Crippen LogP) is 2.90. The second kappa shape index (κ2) is 8.67. The van der Waals surface area contributed by atoms with Crippen molar-refractivity contribution in [1.82, 2.24) is 10.6 Å². The van der Waals surface area contributed by atoms with E-state index in [1.807, 2.05) is 31.2 Å². The molecule has 1 amide bonds. The molecule has 4 nitrogen and oxygen atoms in total. The summed E-state index contributed by atoms with van der Waals surface area (Å²) in [5, 5.41) is 6.35. The van der Waals surface area contributed by atoms with Crippen LogP contribution in [0, 0.1) is 5.92 Å². The Morgan fingerprint density at radius 1 is 1.24 bits per heavy atom. The lowest BCUT2D eigenvalue weighted by Gasteiger charge is -2.24. The molecule has 1 rings (SSSR count). The number of hydrogen-bond donors (Lipinski definition) is 2. The van der Waals surface area contributed by atoms with Crippen molar-refractivity contribution in [3.05, 3.63) is 29.8 Å². The Morgan fingerprint density at radius 2 is 1.90 bits per heavy atom. The molecule has 118 valence electrons. The second-order valence-electron chi connectivity index (χ2n) is 5.73. The van der Waals surface area contributed by atoms with Gasteiger partial charge in [-0.1, -0.05) is 39.0 Å². The van der Waals surface area contributed by atoms with E-state index in [9.17, 15) is 4.79 Å². The number of carbonyl (C=O) groups excluding carboxylic acids is 1. The number of para-hydroxylation sites is 1. The first kappa shape index (κ1) is 17.5. The molecule has 0 aliphatic rings. The summed E-state index contributed by atoms with van der Waals surface area (Å²) in [5.41, 5.74) is 1.09. The van der Waals surface area contributed by atoms with E-state index in [0.717, 1.165) is 17.7 Å². The molecule has 2 atom stereocenters. The lowest BCUT2D eigenvalue weighted by Crippen LogP contribution is -2.44. The highest BCUT2D eigenvalue weighted by molar-refractivity contribution is 5.81. The summed E-state index contributed by atoms with van der Waals surface area (Å²) in [6.45, 7) is 8.87. The molecular formula is C17H28N2O2. The standard InChI is InChI=1S/C17H28N2O2/c1-6-15(14-9-7-8-10-16(14)21-5)19-13(4)17(20)18-11-12(2)3/h7-10,12-13,15,19H,6,11H2,1-5H3,(H,18,20). The van der Waals surface area contributed by atoms with Gasteiger partial charge in [-0.05, 0) is 25.3 Å². The second-order valence-corrected chi connectivity index (χ2v) is 5.73. The van der Waals surface area contributed by atoms with E-state index in [4.69, 9.17) is 4.74 Å². The maximum atomic E-state index is 12.1. The van der Waals surface area contributed by atoms with Gasteiger partial charge >= 0.3 is 0 Å². The van der Waals surface area contributed by atoms with Gasteiger partial charge in [-0.2, -0.15) is 0 Å². The monoisotopic (exact) mass is 292 g/mol. The topological polar surface area (TPSA) is 50.4 Å². The summed E-state index contributed by atoms with van der Waals surface area (Å²) >= 11 is 0. The van der Waals surface area contributed by atoms with Crippen molar-refractivity contribution in [2.45, 2.75) is 46.2 Å². The van der Waals surface area contributed by atoms with Crippen molar-refractivity contribution in [3.8, 4) is 5.75 Å². The maximum absolute atomic E-state index is 12.1. The smallest absolute Gasteiger partial charge is 0.236 e. The Bertz CT molecular complexity index is 446. The Kier molecular flexibility index (Phi) is 7.23. The van der Waals surface area contributed by atoms with Gasteiger partial charge in [0.25, 0.3) is 0 Å². The molecule has 0 saturated carbocycles. The maximum Gasteiger partial charge on any atom is 0.236 e. The highest BCUT2D eigenvalue weighted by Crippen LogP contribution is 2.27. The third-order valence-electron chi connectivity index (χ3n) is 3.45. The fourth-order valence-corrected chi connectivity index (χ4v) is 2.22. The highest BCUT2D eigenvalue weighted by atomic mass is 16.5. The molecule has 2 unspecified atom stereocenters. The number of carbonyl (C=O) groups is 1. The number of hydrogen-bond acceptors (Lipinski definition) is 3. The van der Waals surface area contributed by atoms with E-state index < -0.39 is 0 Å². The van der Waals surface area contributed by atoms with Crippen LogP contribution in [-0.4, -0.2) is 25.6 Å². The van der Waals surface area contributed by atoms with Crippen LogP contribution in [-0.2, 0) is 4.79 Å². The van der Waals surface area contributed by atoms with Gasteiger partial charge in [0.2, 0.25) is 5.91 Å².